The second-order valence-electron chi connectivity index (χ2n) is 6.05. The average molecular weight is 377 g/mol. The van der Waals surface area contributed by atoms with Crippen LogP contribution in [0.4, 0.5) is 5.82 Å². The number of methoxy groups -OCH3 is 1. The van der Waals surface area contributed by atoms with Crippen LogP contribution in [-0.2, 0) is 4.74 Å². The molecule has 28 heavy (non-hydrogen) atoms. The van der Waals surface area contributed by atoms with Crippen LogP contribution in [0.1, 0.15) is 21.6 Å². The van der Waals surface area contributed by atoms with E-state index in [4.69, 9.17) is 19.9 Å². The Morgan fingerprint density at radius 2 is 2.14 bits per heavy atom. The number of anilines is 1. The van der Waals surface area contributed by atoms with Crippen molar-refractivity contribution in [1.29, 1.82) is 5.26 Å². The van der Waals surface area contributed by atoms with Gasteiger partial charge in [-0.05, 0) is 30.7 Å². The number of hydrogen-bond acceptors (Lipinski definition) is 8. The molecular weight excluding hydrogens is 362 g/mol. The quantitative estimate of drug-likeness (QED) is 0.664. The highest BCUT2D eigenvalue weighted by molar-refractivity contribution is 5.98. The van der Waals surface area contributed by atoms with Gasteiger partial charge in [-0.1, -0.05) is 0 Å². The van der Waals surface area contributed by atoms with Gasteiger partial charge in [0.15, 0.2) is 17.2 Å². The number of ether oxygens (including phenoxy) is 3. The van der Waals surface area contributed by atoms with Gasteiger partial charge in [0.25, 0.3) is 0 Å². The minimum Gasteiger partial charge on any atom is -0.464 e. The summed E-state index contributed by atoms with van der Waals surface area (Å²) in [6.07, 6.45) is 1.46. The van der Waals surface area contributed by atoms with Crippen LogP contribution in [0.25, 0.3) is 22.4 Å². The molecule has 0 fully saturated rings. The van der Waals surface area contributed by atoms with Crippen LogP contribution in [0, 0.1) is 18.3 Å². The predicted molar refractivity (Wildman–Crippen MR) is 98.6 cm³/mol. The van der Waals surface area contributed by atoms with E-state index in [9.17, 15) is 10.1 Å². The summed E-state index contributed by atoms with van der Waals surface area (Å²) in [5, 5.41) is 16.2. The van der Waals surface area contributed by atoms with Gasteiger partial charge in [-0.15, -0.1) is 0 Å². The lowest BCUT2D eigenvalue weighted by Crippen LogP contribution is -2.07. The first-order valence-corrected chi connectivity index (χ1v) is 8.27. The molecule has 0 unspecified atom stereocenters. The molecule has 0 saturated carbocycles. The zero-order valence-electron chi connectivity index (χ0n) is 15.1. The lowest BCUT2D eigenvalue weighted by atomic mass is 9.93. The number of H-pyrrole nitrogens is 1. The summed E-state index contributed by atoms with van der Waals surface area (Å²) in [5.74, 6) is 0.691. The molecule has 3 N–H and O–H groups in total. The van der Waals surface area contributed by atoms with Crippen molar-refractivity contribution in [3.8, 4) is 40.0 Å². The van der Waals surface area contributed by atoms with Crippen molar-refractivity contribution in [3.63, 3.8) is 0 Å². The molecule has 9 nitrogen and oxygen atoms in total. The number of carbonyl (C=O) groups is 1. The average Bonchev–Trinajstić information content (AvgIpc) is 3.37. The van der Waals surface area contributed by atoms with Crippen LogP contribution in [0.15, 0.2) is 24.4 Å². The number of hydrogen-bond donors (Lipinski definition) is 2. The lowest BCUT2D eigenvalue weighted by Gasteiger charge is -2.15. The highest BCUT2D eigenvalue weighted by atomic mass is 16.7. The summed E-state index contributed by atoms with van der Waals surface area (Å²) in [4.78, 5) is 16.5. The second-order valence-corrected chi connectivity index (χ2v) is 6.05. The zero-order valence-corrected chi connectivity index (χ0v) is 15.1. The van der Waals surface area contributed by atoms with Crippen molar-refractivity contribution in [3.05, 3.63) is 41.2 Å². The Kier molecular flexibility index (Phi) is 4.08. The lowest BCUT2D eigenvalue weighted by molar-refractivity contribution is 0.0595. The molecule has 140 valence electrons. The van der Waals surface area contributed by atoms with Gasteiger partial charge in [-0.3, -0.25) is 5.10 Å². The van der Waals surface area contributed by atoms with Crippen LogP contribution >= 0.6 is 0 Å². The topological polar surface area (TPSA) is 136 Å². The van der Waals surface area contributed by atoms with E-state index in [0.717, 1.165) is 5.56 Å². The number of nitrogens with one attached hydrogen (secondary N) is 1. The fourth-order valence-corrected chi connectivity index (χ4v) is 3.20. The molecule has 0 spiro atoms. The summed E-state index contributed by atoms with van der Waals surface area (Å²) < 4.78 is 15.6. The number of rotatable bonds is 3. The van der Waals surface area contributed by atoms with Gasteiger partial charge in [0.2, 0.25) is 6.79 Å². The molecular formula is C19H15N5O4. The van der Waals surface area contributed by atoms with Crippen LogP contribution in [0.3, 0.4) is 0 Å². The zero-order chi connectivity index (χ0) is 19.8. The van der Waals surface area contributed by atoms with E-state index >= 15 is 0 Å². The number of benzene rings is 1. The van der Waals surface area contributed by atoms with E-state index in [1.54, 1.807) is 19.1 Å². The molecule has 0 atom stereocenters. The molecule has 9 heteroatoms. The number of esters is 1. The number of fused-ring (bicyclic) bond motifs is 1. The van der Waals surface area contributed by atoms with Crippen LogP contribution < -0.4 is 15.2 Å². The first-order valence-electron chi connectivity index (χ1n) is 8.27. The SMILES string of the molecule is COC(=O)c1[nH]ncc1-c1c(C)c(-c2ccc3c(c2)OCO3)nc(N)c1C#N. The maximum Gasteiger partial charge on any atom is 0.356 e. The number of aromatic nitrogens is 3. The minimum atomic E-state index is -0.601. The third-order valence-corrected chi connectivity index (χ3v) is 4.52. The number of nitrogens with zero attached hydrogens (tertiary/aromatic N) is 3. The Balaban J connectivity index is 1.96. The van der Waals surface area contributed by atoms with Gasteiger partial charge in [-0.2, -0.15) is 10.4 Å². The molecule has 3 aromatic rings. The Labute approximate surface area is 159 Å². The highest BCUT2D eigenvalue weighted by Gasteiger charge is 2.25. The Hall–Kier alpha value is -4.06. The van der Waals surface area contributed by atoms with Gasteiger partial charge in [0, 0.05) is 16.7 Å². The fraction of sp³-hybridized carbons (Fsp3) is 0.158. The van der Waals surface area contributed by atoms with Crippen molar-refractivity contribution in [1.82, 2.24) is 15.2 Å². The van der Waals surface area contributed by atoms with E-state index in [0.29, 0.717) is 33.9 Å². The molecule has 4 rings (SSSR count). The summed E-state index contributed by atoms with van der Waals surface area (Å²) >= 11 is 0. The maximum absolute atomic E-state index is 12.1. The number of carbonyl (C=O) groups excluding carboxylic acids is 1. The van der Waals surface area contributed by atoms with Gasteiger partial charge in [0.1, 0.15) is 17.5 Å². The van der Waals surface area contributed by atoms with Gasteiger partial charge < -0.3 is 19.9 Å². The van der Waals surface area contributed by atoms with Crippen molar-refractivity contribution >= 4 is 11.8 Å². The third-order valence-electron chi connectivity index (χ3n) is 4.52. The number of nitrogens with two attached hydrogens (primary N) is 1. The van der Waals surface area contributed by atoms with Crippen molar-refractivity contribution in [2.24, 2.45) is 0 Å². The van der Waals surface area contributed by atoms with E-state index in [2.05, 4.69) is 21.3 Å². The molecule has 1 aromatic carbocycles. The first-order chi connectivity index (χ1) is 13.5. The number of nitrogen functional groups attached to an aromatic ring is 1. The van der Waals surface area contributed by atoms with E-state index < -0.39 is 5.97 Å². The molecule has 0 amide bonds. The molecule has 2 aromatic heterocycles. The predicted octanol–water partition coefficient (Wildman–Crippen LogP) is 2.42. The summed E-state index contributed by atoms with van der Waals surface area (Å²) in [7, 11) is 1.27. The van der Waals surface area contributed by atoms with Crippen molar-refractivity contribution in [2.45, 2.75) is 6.92 Å². The van der Waals surface area contributed by atoms with Crippen LogP contribution in [0.2, 0.25) is 0 Å². The normalized spacial score (nSPS) is 11.9. The largest absolute Gasteiger partial charge is 0.464 e. The van der Waals surface area contributed by atoms with E-state index in [1.165, 1.54) is 13.3 Å². The highest BCUT2D eigenvalue weighted by Crippen LogP contribution is 2.40. The van der Waals surface area contributed by atoms with Gasteiger partial charge >= 0.3 is 5.97 Å². The maximum atomic E-state index is 12.1. The van der Waals surface area contributed by atoms with Gasteiger partial charge in [-0.25, -0.2) is 9.78 Å². The summed E-state index contributed by atoms with van der Waals surface area (Å²) in [6, 6.07) is 7.48. The number of aromatic amines is 1. The Morgan fingerprint density at radius 3 is 2.89 bits per heavy atom. The van der Waals surface area contributed by atoms with Crippen molar-refractivity contribution in [2.75, 3.05) is 19.6 Å². The molecule has 3 heterocycles. The summed E-state index contributed by atoms with van der Waals surface area (Å²) in [6.45, 7) is 1.96. The monoisotopic (exact) mass is 377 g/mol. The fourth-order valence-electron chi connectivity index (χ4n) is 3.20. The Bertz CT molecular complexity index is 1150. The molecule has 0 aliphatic carbocycles. The first kappa shape index (κ1) is 17.4. The second kappa shape index (κ2) is 6.59. The smallest absolute Gasteiger partial charge is 0.356 e. The molecule has 0 radical (unpaired) electrons. The third kappa shape index (κ3) is 2.59. The Morgan fingerprint density at radius 1 is 1.36 bits per heavy atom. The van der Waals surface area contributed by atoms with Crippen LogP contribution in [0.5, 0.6) is 11.5 Å². The number of pyridine rings is 1. The molecule has 1 aliphatic heterocycles. The number of nitriles is 1. The molecule has 0 bridgehead atoms. The van der Waals surface area contributed by atoms with Crippen LogP contribution in [-0.4, -0.2) is 35.1 Å². The van der Waals surface area contributed by atoms with Gasteiger partial charge in [0.05, 0.1) is 19.0 Å². The van der Waals surface area contributed by atoms with E-state index in [-0.39, 0.29) is 23.9 Å². The van der Waals surface area contributed by atoms with Crippen molar-refractivity contribution < 1.29 is 19.0 Å². The van der Waals surface area contributed by atoms with E-state index in [1.807, 2.05) is 6.07 Å². The standard InChI is InChI=1S/C19H15N5O4/c1-9-15(12-7-22-24-17(12)19(25)26-2)11(6-20)18(21)23-16(9)10-3-4-13-14(5-10)28-8-27-13/h3-5,7H,8H2,1-2H3,(H2,21,23)(H,22,24). The summed E-state index contributed by atoms with van der Waals surface area (Å²) in [5.41, 5.74) is 9.21. The minimum absolute atomic E-state index is 0.0489. The molecule has 1 aliphatic rings. The molecule has 0 saturated heterocycles.